The number of nitrogens with one attached hydrogen (secondary N) is 2. The van der Waals surface area contributed by atoms with E-state index in [1.807, 2.05) is 30.3 Å². The van der Waals surface area contributed by atoms with E-state index in [0.717, 1.165) is 22.5 Å². The van der Waals surface area contributed by atoms with Crippen LogP contribution in [-0.2, 0) is 10.0 Å². The van der Waals surface area contributed by atoms with Crippen molar-refractivity contribution in [1.82, 2.24) is 8.75 Å². The SMILES string of the molecule is O=C(Nc1ccc(Oc2ccc3ccccc3c2Cl)c(Cl)c1)c1cc(NS(=O)(=O)c2cccc3nsnc23)ccc1Cl. The lowest BCUT2D eigenvalue weighted by Gasteiger charge is -2.13. The van der Waals surface area contributed by atoms with Gasteiger partial charge >= 0.3 is 0 Å². The highest BCUT2D eigenvalue weighted by molar-refractivity contribution is 7.93. The minimum absolute atomic E-state index is 0.0309. The van der Waals surface area contributed by atoms with E-state index in [1.54, 1.807) is 30.3 Å². The van der Waals surface area contributed by atoms with Crippen molar-refractivity contribution < 1.29 is 17.9 Å². The van der Waals surface area contributed by atoms with Gasteiger partial charge in [-0.25, -0.2) is 8.42 Å². The molecule has 0 aliphatic rings. The Balaban J connectivity index is 1.20. The number of benzene rings is 5. The maximum absolute atomic E-state index is 13.1. The largest absolute Gasteiger partial charge is 0.454 e. The molecule has 42 heavy (non-hydrogen) atoms. The fraction of sp³-hybridized carbons (Fsp3) is 0. The third-order valence-corrected chi connectivity index (χ3v) is 9.21. The molecule has 0 aliphatic carbocycles. The third kappa shape index (κ3) is 5.59. The maximum atomic E-state index is 13.1. The van der Waals surface area contributed by atoms with Crippen molar-refractivity contribution >= 4 is 95.6 Å². The second kappa shape index (κ2) is 11.4. The number of ether oxygens (including phenoxy) is 1. The lowest BCUT2D eigenvalue weighted by molar-refractivity contribution is 0.102. The fourth-order valence-corrected chi connectivity index (χ4v) is 6.76. The number of carbonyl (C=O) groups excluding carboxylic acids is 1. The van der Waals surface area contributed by atoms with Crippen LogP contribution < -0.4 is 14.8 Å². The van der Waals surface area contributed by atoms with Crippen LogP contribution in [-0.4, -0.2) is 23.1 Å². The quantitative estimate of drug-likeness (QED) is 0.178. The summed E-state index contributed by atoms with van der Waals surface area (Å²) in [7, 11) is -4.04. The Bertz CT molecular complexity index is 2120. The molecule has 0 aliphatic heterocycles. The highest BCUT2D eigenvalue weighted by Gasteiger charge is 2.21. The molecule has 0 spiro atoms. The number of sulfonamides is 1. The zero-order valence-corrected chi connectivity index (χ0v) is 25.0. The van der Waals surface area contributed by atoms with E-state index in [9.17, 15) is 13.2 Å². The van der Waals surface area contributed by atoms with E-state index in [4.69, 9.17) is 39.5 Å². The molecule has 6 aromatic rings. The molecule has 0 saturated carbocycles. The van der Waals surface area contributed by atoms with E-state index in [1.165, 1.54) is 30.3 Å². The fourth-order valence-electron chi connectivity index (χ4n) is 4.24. The Morgan fingerprint density at radius 3 is 2.40 bits per heavy atom. The molecule has 6 rings (SSSR count). The van der Waals surface area contributed by atoms with Gasteiger partial charge in [0, 0.05) is 16.8 Å². The Kier molecular flexibility index (Phi) is 7.65. The zero-order chi connectivity index (χ0) is 29.4. The molecule has 13 heteroatoms. The average Bonchev–Trinajstić information content (AvgIpc) is 3.46. The van der Waals surface area contributed by atoms with Gasteiger partial charge in [0.25, 0.3) is 15.9 Å². The minimum Gasteiger partial charge on any atom is -0.454 e. The van der Waals surface area contributed by atoms with Gasteiger partial charge in [0.15, 0.2) is 0 Å². The molecular formula is C29H17Cl3N4O4S2. The molecule has 1 amide bonds. The summed E-state index contributed by atoms with van der Waals surface area (Å²) in [5.74, 6) is 0.197. The first kappa shape index (κ1) is 28.2. The van der Waals surface area contributed by atoms with Crippen LogP contribution in [0.15, 0.2) is 95.9 Å². The van der Waals surface area contributed by atoms with Crippen molar-refractivity contribution in [2.45, 2.75) is 4.90 Å². The molecular weight excluding hydrogens is 639 g/mol. The summed E-state index contributed by atoms with van der Waals surface area (Å²) in [6.07, 6.45) is 0. The van der Waals surface area contributed by atoms with Crippen LogP contribution in [0.25, 0.3) is 21.8 Å². The molecule has 2 N–H and O–H groups in total. The molecule has 0 unspecified atom stereocenters. The van der Waals surface area contributed by atoms with Crippen molar-refractivity contribution in [1.29, 1.82) is 0 Å². The van der Waals surface area contributed by atoms with Crippen molar-refractivity contribution in [3.8, 4) is 11.5 Å². The Morgan fingerprint density at radius 1 is 0.786 bits per heavy atom. The van der Waals surface area contributed by atoms with Crippen LogP contribution >= 0.6 is 46.5 Å². The van der Waals surface area contributed by atoms with E-state index in [-0.39, 0.29) is 31.7 Å². The molecule has 1 aromatic heterocycles. The number of rotatable bonds is 7. The van der Waals surface area contributed by atoms with Crippen LogP contribution in [0.2, 0.25) is 15.1 Å². The lowest BCUT2D eigenvalue weighted by atomic mass is 10.1. The number of anilines is 2. The number of carbonyl (C=O) groups is 1. The molecule has 0 atom stereocenters. The summed E-state index contributed by atoms with van der Waals surface area (Å²) in [5, 5.41) is 5.35. The third-order valence-electron chi connectivity index (χ3n) is 6.24. The number of aromatic nitrogens is 2. The number of amides is 1. The second-order valence-electron chi connectivity index (χ2n) is 8.99. The lowest BCUT2D eigenvalue weighted by Crippen LogP contribution is -2.16. The first-order valence-corrected chi connectivity index (χ1v) is 15.5. The molecule has 0 radical (unpaired) electrons. The average molecular weight is 656 g/mol. The van der Waals surface area contributed by atoms with Crippen LogP contribution in [0.1, 0.15) is 10.4 Å². The minimum atomic E-state index is -4.04. The highest BCUT2D eigenvalue weighted by Crippen LogP contribution is 2.38. The van der Waals surface area contributed by atoms with Crippen LogP contribution in [0.3, 0.4) is 0 Å². The number of hydrogen-bond donors (Lipinski definition) is 2. The summed E-state index contributed by atoms with van der Waals surface area (Å²) in [5.41, 5.74) is 1.28. The van der Waals surface area contributed by atoms with Gasteiger partial charge < -0.3 is 10.1 Å². The molecule has 210 valence electrons. The van der Waals surface area contributed by atoms with Gasteiger partial charge in [-0.1, -0.05) is 71.2 Å². The smallest absolute Gasteiger partial charge is 0.264 e. The normalized spacial score (nSPS) is 11.5. The number of nitrogens with zero attached hydrogens (tertiary/aromatic N) is 2. The summed E-state index contributed by atoms with van der Waals surface area (Å²) < 4.78 is 42.8. The molecule has 0 saturated heterocycles. The topological polar surface area (TPSA) is 110 Å². The standard InChI is InChI=1S/C29H17Cl3N4O4S2/c30-21-11-9-18(36-42(38,39)26-7-3-6-23-28(26)35-41-34-23)14-20(21)29(37)33-17-10-13-24(22(31)15-17)40-25-12-8-16-4-1-2-5-19(16)27(25)32/h1-15,36H,(H,33,37). The van der Waals surface area contributed by atoms with E-state index < -0.39 is 15.9 Å². The highest BCUT2D eigenvalue weighted by atomic mass is 35.5. The molecule has 0 fully saturated rings. The van der Waals surface area contributed by atoms with Crippen molar-refractivity contribution in [3.05, 3.63) is 112 Å². The number of fused-ring (bicyclic) bond motifs is 2. The monoisotopic (exact) mass is 654 g/mol. The summed E-state index contributed by atoms with van der Waals surface area (Å²) in [6, 6.07) is 25.0. The summed E-state index contributed by atoms with van der Waals surface area (Å²) >= 11 is 20.2. The van der Waals surface area contributed by atoms with Crippen LogP contribution in [0, 0.1) is 0 Å². The van der Waals surface area contributed by atoms with Crippen molar-refractivity contribution in [2.24, 2.45) is 0 Å². The Hall–Kier alpha value is -3.93. The maximum Gasteiger partial charge on any atom is 0.264 e. The zero-order valence-electron chi connectivity index (χ0n) is 21.1. The Morgan fingerprint density at radius 2 is 1.57 bits per heavy atom. The molecule has 5 aromatic carbocycles. The van der Waals surface area contributed by atoms with Gasteiger partial charge in [-0.05, 0) is 60.0 Å². The van der Waals surface area contributed by atoms with Crippen molar-refractivity contribution in [3.63, 3.8) is 0 Å². The van der Waals surface area contributed by atoms with Crippen LogP contribution in [0.5, 0.6) is 11.5 Å². The molecule has 1 heterocycles. The number of halogens is 3. The Labute approximate surface area is 259 Å². The van der Waals surface area contributed by atoms with Gasteiger partial charge in [-0.15, -0.1) is 0 Å². The predicted molar refractivity (Wildman–Crippen MR) is 168 cm³/mol. The summed E-state index contributed by atoms with van der Waals surface area (Å²) in [6.45, 7) is 0. The van der Waals surface area contributed by atoms with Gasteiger partial charge in [-0.3, -0.25) is 9.52 Å². The van der Waals surface area contributed by atoms with E-state index in [0.29, 0.717) is 27.7 Å². The van der Waals surface area contributed by atoms with Crippen LogP contribution in [0.4, 0.5) is 11.4 Å². The summed E-state index contributed by atoms with van der Waals surface area (Å²) in [4.78, 5) is 13.1. The number of hydrogen-bond acceptors (Lipinski definition) is 7. The van der Waals surface area contributed by atoms with Gasteiger partial charge in [0.05, 0.1) is 32.4 Å². The van der Waals surface area contributed by atoms with E-state index in [2.05, 4.69) is 18.8 Å². The van der Waals surface area contributed by atoms with Gasteiger partial charge in [0.2, 0.25) is 0 Å². The molecule has 0 bridgehead atoms. The van der Waals surface area contributed by atoms with Gasteiger partial charge in [-0.2, -0.15) is 8.75 Å². The van der Waals surface area contributed by atoms with Gasteiger partial charge in [0.1, 0.15) is 27.4 Å². The molecule has 8 nitrogen and oxygen atoms in total. The van der Waals surface area contributed by atoms with Crippen molar-refractivity contribution in [2.75, 3.05) is 10.0 Å². The predicted octanol–water partition coefficient (Wildman–Crippen LogP) is 8.65. The van der Waals surface area contributed by atoms with E-state index >= 15 is 0 Å². The first-order valence-electron chi connectivity index (χ1n) is 12.2. The second-order valence-corrected chi connectivity index (χ2v) is 12.4. The first-order chi connectivity index (χ1) is 20.2.